The summed E-state index contributed by atoms with van der Waals surface area (Å²) in [5.74, 6) is 0.132. The number of rotatable bonds is 4. The quantitative estimate of drug-likeness (QED) is 0.629. The first-order chi connectivity index (χ1) is 13.1. The first kappa shape index (κ1) is 18.3. The lowest BCUT2D eigenvalue weighted by molar-refractivity contribution is -0.121. The molecule has 4 rings (SSSR count). The van der Waals surface area contributed by atoms with Crippen molar-refractivity contribution < 1.29 is 9.59 Å². The van der Waals surface area contributed by atoms with Gasteiger partial charge >= 0.3 is 0 Å². The number of aromatic nitrogens is 1. The van der Waals surface area contributed by atoms with E-state index in [-0.39, 0.29) is 18.4 Å². The molecular formula is C19H16ClN3O2S2. The molecule has 0 aliphatic carbocycles. The Morgan fingerprint density at radius 1 is 1.30 bits per heavy atom. The van der Waals surface area contributed by atoms with E-state index in [1.165, 1.54) is 23.1 Å². The molecule has 0 radical (unpaired) electrons. The molecule has 0 saturated carbocycles. The van der Waals surface area contributed by atoms with Gasteiger partial charge in [0.2, 0.25) is 11.8 Å². The number of carbonyl (C=O) groups excluding carboxylic acids is 2. The molecular weight excluding hydrogens is 402 g/mol. The van der Waals surface area contributed by atoms with Gasteiger partial charge in [-0.3, -0.25) is 14.5 Å². The molecule has 0 spiro atoms. The summed E-state index contributed by atoms with van der Waals surface area (Å²) in [6.45, 7) is 2.38. The van der Waals surface area contributed by atoms with Crippen LogP contribution in [-0.2, 0) is 9.59 Å². The fourth-order valence-electron chi connectivity index (χ4n) is 2.97. The van der Waals surface area contributed by atoms with E-state index in [2.05, 4.69) is 4.98 Å². The van der Waals surface area contributed by atoms with Crippen molar-refractivity contribution in [3.63, 3.8) is 0 Å². The first-order valence-corrected chi connectivity index (χ1v) is 10.6. The van der Waals surface area contributed by atoms with Crippen LogP contribution in [0.25, 0.3) is 10.2 Å². The van der Waals surface area contributed by atoms with Crippen LogP contribution in [0.2, 0.25) is 5.02 Å². The number of benzene rings is 2. The van der Waals surface area contributed by atoms with Crippen LogP contribution in [0.4, 0.5) is 10.8 Å². The lowest BCUT2D eigenvalue weighted by atomic mass is 10.2. The van der Waals surface area contributed by atoms with Gasteiger partial charge in [0.15, 0.2) is 5.13 Å². The predicted molar refractivity (Wildman–Crippen MR) is 112 cm³/mol. The average molecular weight is 418 g/mol. The molecule has 2 amide bonds. The molecule has 0 atom stereocenters. The van der Waals surface area contributed by atoms with Crippen LogP contribution < -0.4 is 9.80 Å². The summed E-state index contributed by atoms with van der Waals surface area (Å²) >= 11 is 8.98. The van der Waals surface area contributed by atoms with E-state index in [9.17, 15) is 9.59 Å². The largest absolute Gasteiger partial charge is 0.301 e. The summed E-state index contributed by atoms with van der Waals surface area (Å²) in [4.78, 5) is 34.2. The van der Waals surface area contributed by atoms with Crippen molar-refractivity contribution in [2.24, 2.45) is 0 Å². The van der Waals surface area contributed by atoms with E-state index in [1.807, 2.05) is 43.3 Å². The number of carbonyl (C=O) groups is 2. The summed E-state index contributed by atoms with van der Waals surface area (Å²) in [7, 11) is 0. The molecule has 1 aromatic heterocycles. The van der Waals surface area contributed by atoms with Crippen molar-refractivity contribution in [1.29, 1.82) is 0 Å². The number of thioether (sulfide) groups is 1. The summed E-state index contributed by atoms with van der Waals surface area (Å²) in [5, 5.41) is 1.23. The summed E-state index contributed by atoms with van der Waals surface area (Å²) < 4.78 is 0.969. The van der Waals surface area contributed by atoms with Gasteiger partial charge in [0.05, 0.1) is 21.7 Å². The number of nitrogens with zero attached hydrogens (tertiary/aromatic N) is 3. The highest BCUT2D eigenvalue weighted by atomic mass is 35.5. The van der Waals surface area contributed by atoms with E-state index in [0.29, 0.717) is 22.5 Å². The Labute approximate surface area is 169 Å². The molecule has 0 unspecified atom stereocenters. The smallest absolute Gasteiger partial charge is 0.248 e. The number of amides is 2. The van der Waals surface area contributed by atoms with E-state index in [4.69, 9.17) is 11.6 Å². The lowest BCUT2D eigenvalue weighted by Gasteiger charge is -2.30. The van der Waals surface area contributed by atoms with Crippen LogP contribution in [0, 0.1) is 0 Å². The molecule has 0 bridgehead atoms. The van der Waals surface area contributed by atoms with Crippen LogP contribution in [0.5, 0.6) is 0 Å². The van der Waals surface area contributed by atoms with Gasteiger partial charge in [-0.15, -0.1) is 11.8 Å². The van der Waals surface area contributed by atoms with Gasteiger partial charge in [-0.1, -0.05) is 35.1 Å². The van der Waals surface area contributed by atoms with Crippen molar-refractivity contribution in [1.82, 2.24) is 4.98 Å². The van der Waals surface area contributed by atoms with Gasteiger partial charge in [0, 0.05) is 16.5 Å². The second kappa shape index (κ2) is 7.50. The normalized spacial score (nSPS) is 13.7. The number of fused-ring (bicyclic) bond motifs is 2. The Morgan fingerprint density at radius 2 is 2.11 bits per heavy atom. The third kappa shape index (κ3) is 3.54. The Hall–Kier alpha value is -2.09. The molecule has 0 saturated heterocycles. The maximum atomic E-state index is 13.0. The van der Waals surface area contributed by atoms with Crippen molar-refractivity contribution in [3.8, 4) is 0 Å². The summed E-state index contributed by atoms with van der Waals surface area (Å²) in [6, 6.07) is 13.2. The van der Waals surface area contributed by atoms with Crippen molar-refractivity contribution in [2.75, 3.05) is 28.6 Å². The third-order valence-corrected chi connectivity index (χ3v) is 6.63. The highest BCUT2D eigenvalue weighted by Crippen LogP contribution is 2.35. The topological polar surface area (TPSA) is 53.5 Å². The van der Waals surface area contributed by atoms with Crippen LogP contribution >= 0.6 is 34.7 Å². The summed E-state index contributed by atoms with van der Waals surface area (Å²) in [6.07, 6.45) is 0. The molecule has 3 aromatic rings. The van der Waals surface area contributed by atoms with E-state index in [1.54, 1.807) is 15.9 Å². The van der Waals surface area contributed by atoms with Crippen LogP contribution in [-0.4, -0.2) is 35.6 Å². The minimum atomic E-state index is -0.155. The number of hydrogen-bond acceptors (Lipinski definition) is 5. The zero-order valence-electron chi connectivity index (χ0n) is 14.5. The van der Waals surface area contributed by atoms with Gasteiger partial charge < -0.3 is 4.90 Å². The highest BCUT2D eigenvalue weighted by Gasteiger charge is 2.28. The van der Waals surface area contributed by atoms with Crippen molar-refractivity contribution in [3.05, 3.63) is 47.5 Å². The van der Waals surface area contributed by atoms with E-state index in [0.717, 1.165) is 20.8 Å². The Bertz CT molecular complexity index is 1040. The van der Waals surface area contributed by atoms with Gasteiger partial charge in [0.1, 0.15) is 6.54 Å². The molecule has 1 aliphatic heterocycles. The molecule has 2 heterocycles. The molecule has 5 nitrogen and oxygen atoms in total. The van der Waals surface area contributed by atoms with Crippen molar-refractivity contribution >= 4 is 67.5 Å². The number of para-hydroxylation sites is 1. The minimum Gasteiger partial charge on any atom is -0.301 e. The van der Waals surface area contributed by atoms with Crippen molar-refractivity contribution in [2.45, 2.75) is 11.8 Å². The monoisotopic (exact) mass is 417 g/mol. The van der Waals surface area contributed by atoms with Gasteiger partial charge in [-0.05, 0) is 37.3 Å². The number of hydrogen-bond donors (Lipinski definition) is 0. The second-order valence-electron chi connectivity index (χ2n) is 5.98. The van der Waals surface area contributed by atoms with Gasteiger partial charge in [-0.25, -0.2) is 4.98 Å². The Balaban J connectivity index is 1.61. The van der Waals surface area contributed by atoms with E-state index >= 15 is 0 Å². The lowest BCUT2D eigenvalue weighted by Crippen LogP contribution is -2.45. The SMILES string of the molecule is CCN(C(=O)CN1C(=O)CSc2ccccc21)c1nc2cc(Cl)ccc2s1. The minimum absolute atomic E-state index is 0.000921. The number of halogens is 1. The standard InChI is InChI=1S/C19H16ClN3O2S2/c1-2-22(19-21-13-9-12(20)7-8-15(13)27-19)17(24)10-23-14-5-3-4-6-16(14)26-11-18(23)25/h3-9H,2,10-11H2,1H3. The molecule has 0 fully saturated rings. The van der Waals surface area contributed by atoms with Gasteiger partial charge in [-0.2, -0.15) is 0 Å². The number of likely N-dealkylation sites (N-methyl/N-ethyl adjacent to an activating group) is 1. The maximum Gasteiger partial charge on any atom is 0.248 e. The second-order valence-corrected chi connectivity index (χ2v) is 8.45. The molecule has 8 heteroatoms. The highest BCUT2D eigenvalue weighted by molar-refractivity contribution is 8.00. The van der Waals surface area contributed by atoms with Crippen LogP contribution in [0.15, 0.2) is 47.4 Å². The van der Waals surface area contributed by atoms with Gasteiger partial charge in [0.25, 0.3) is 0 Å². The maximum absolute atomic E-state index is 13.0. The predicted octanol–water partition coefficient (Wildman–Crippen LogP) is 4.44. The van der Waals surface area contributed by atoms with Crippen LogP contribution in [0.3, 0.4) is 0 Å². The Kier molecular flexibility index (Phi) is 5.08. The van der Waals surface area contributed by atoms with E-state index < -0.39 is 0 Å². The molecule has 1 aliphatic rings. The van der Waals surface area contributed by atoms with Crippen LogP contribution in [0.1, 0.15) is 6.92 Å². The zero-order valence-corrected chi connectivity index (χ0v) is 16.9. The zero-order chi connectivity index (χ0) is 19.0. The molecule has 0 N–H and O–H groups in total. The third-order valence-electron chi connectivity index (χ3n) is 4.29. The number of thiazole rings is 1. The molecule has 138 valence electrons. The first-order valence-electron chi connectivity index (χ1n) is 8.45. The molecule has 27 heavy (non-hydrogen) atoms. The average Bonchev–Trinajstić information content (AvgIpc) is 3.07. The molecule has 2 aromatic carbocycles. The summed E-state index contributed by atoms with van der Waals surface area (Å²) in [5.41, 5.74) is 1.56. The fraction of sp³-hybridized carbons (Fsp3) is 0.211. The fourth-order valence-corrected chi connectivity index (χ4v) is 5.10. The Morgan fingerprint density at radius 3 is 2.93 bits per heavy atom. The number of anilines is 2.